The lowest BCUT2D eigenvalue weighted by Crippen LogP contribution is -2.51. The van der Waals surface area contributed by atoms with Crippen molar-refractivity contribution >= 4 is 76.1 Å². The van der Waals surface area contributed by atoms with E-state index < -0.39 is 58.1 Å². The van der Waals surface area contributed by atoms with Crippen molar-refractivity contribution in [1.82, 2.24) is 86.1 Å². The van der Waals surface area contributed by atoms with Crippen LogP contribution in [0.2, 0.25) is 0 Å². The number of aryl methyl sites for hydroxylation is 2. The Hall–Kier alpha value is -11.0. The molecule has 0 saturated carbocycles. The minimum Gasteiger partial charge on any atom is -0.481 e. The average Bonchev–Trinajstić information content (AvgIpc) is 1.63. The van der Waals surface area contributed by atoms with E-state index in [1.807, 2.05) is 126 Å². The van der Waals surface area contributed by atoms with E-state index in [0.29, 0.717) is 151 Å². The number of rotatable bonds is 37. The number of aliphatic carboxylic acids is 2. The second-order valence-corrected chi connectivity index (χ2v) is 34.9. The van der Waals surface area contributed by atoms with Gasteiger partial charge in [0.05, 0.1) is 30.7 Å². The van der Waals surface area contributed by atoms with Gasteiger partial charge >= 0.3 is 52.6 Å². The highest BCUT2D eigenvalue weighted by Crippen LogP contribution is 2.41. The number of nitrogens with zero attached hydrogens (tertiary/aromatic N) is 14. The van der Waals surface area contributed by atoms with Gasteiger partial charge in [0.25, 0.3) is 5.91 Å². The molecule has 5 aromatic rings. The fourth-order valence-electron chi connectivity index (χ4n) is 15.7. The van der Waals surface area contributed by atoms with Crippen LogP contribution >= 0.6 is 0 Å². The number of hydrazine groups is 1. The SMILES string of the molecule is CCCCCC(=O)CNC(=O)[C@@H]1CC[C@@H]2CN1C(=O)N2OCc1ccccc1.CCCCCC(=O)O.CCCCCC(=O)O.CN(CCCc1nnc([C@@H]2CC[C@@H]3CN2C(=O)N3OCc2ccccc2)o1)C(=O)OC(C)(C)C.CN1CCCC1=O.CNCCCc1nnc([C@@H]2CC[C@@H]3CN2C(=O)N3OS(=O)(=O)O)o1.NNC(=O)[C@@H]1CC[C@@H]2CN1C(=O)N2OCc1ccccc1. The summed E-state index contributed by atoms with van der Waals surface area (Å²) in [5.41, 5.74) is 4.59. The summed E-state index contributed by atoms with van der Waals surface area (Å²) in [5.74, 6) is 5.33. The summed E-state index contributed by atoms with van der Waals surface area (Å²) >= 11 is 0. The minimum atomic E-state index is -4.75. The Balaban J connectivity index is 0.000000199. The van der Waals surface area contributed by atoms with Gasteiger partial charge in [-0.15, -0.1) is 24.7 Å². The number of Topliss-reactive ketones (excluding diaryl/α,β-unsaturated/α-hetero) is 1. The number of carbonyl (C=O) groups is 11. The molecular formula is C88H132N18O23S. The van der Waals surface area contributed by atoms with Crippen LogP contribution in [0.25, 0.3) is 0 Å². The number of carboxylic acid groups (broad SMARTS) is 2. The molecule has 0 spiro atoms. The molecule has 42 heteroatoms. The lowest BCUT2D eigenvalue weighted by Gasteiger charge is -2.29. The van der Waals surface area contributed by atoms with Gasteiger partial charge in [0, 0.05) is 91.9 Å². The number of piperidine rings is 4. The number of unbranched alkanes of at least 4 members (excludes halogenated alkanes) is 6. The van der Waals surface area contributed by atoms with Gasteiger partial charge in [0.1, 0.15) is 49.6 Å². The number of hydrogen-bond acceptors (Lipinski definition) is 26. The maximum atomic E-state index is 13.0. The third-order valence-corrected chi connectivity index (χ3v) is 23.0. The quantitative estimate of drug-likeness (QED) is 0.00638. The van der Waals surface area contributed by atoms with E-state index in [1.54, 1.807) is 21.7 Å². The van der Waals surface area contributed by atoms with E-state index in [1.165, 1.54) is 29.9 Å². The van der Waals surface area contributed by atoms with Crippen LogP contribution in [0.3, 0.4) is 0 Å². The van der Waals surface area contributed by atoms with Gasteiger partial charge in [-0.2, -0.15) is 28.7 Å². The number of nitrogens with one attached hydrogen (secondary N) is 3. The van der Waals surface area contributed by atoms with Gasteiger partial charge in [-0.3, -0.25) is 53.3 Å². The van der Waals surface area contributed by atoms with Crippen molar-refractivity contribution < 1.29 is 108 Å². The van der Waals surface area contributed by atoms with Crippen molar-refractivity contribution in [3.63, 3.8) is 0 Å². The first-order chi connectivity index (χ1) is 62.2. The highest BCUT2D eigenvalue weighted by atomic mass is 32.3. The summed E-state index contributed by atoms with van der Waals surface area (Å²) in [6.07, 6.45) is 19.3. The number of urea groups is 4. The zero-order valence-corrected chi connectivity index (χ0v) is 77.0. The smallest absolute Gasteiger partial charge is 0.418 e. The van der Waals surface area contributed by atoms with Crippen LogP contribution in [0.5, 0.6) is 0 Å². The number of carbonyl (C=O) groups excluding carboxylic acids is 9. The van der Waals surface area contributed by atoms with Crippen molar-refractivity contribution in [2.75, 3.05) is 73.5 Å². The van der Waals surface area contributed by atoms with E-state index in [4.69, 9.17) is 48.7 Å². The molecule has 0 unspecified atom stereocenters. The topological polar surface area (TPSA) is 501 Å². The Morgan fingerprint density at radius 2 is 0.938 bits per heavy atom. The second kappa shape index (κ2) is 52.7. The summed E-state index contributed by atoms with van der Waals surface area (Å²) in [7, 11) is 0.657. The van der Waals surface area contributed by atoms with E-state index >= 15 is 0 Å². The molecule has 0 aliphatic carbocycles. The predicted molar refractivity (Wildman–Crippen MR) is 470 cm³/mol. The van der Waals surface area contributed by atoms with Crippen molar-refractivity contribution in [2.45, 2.75) is 282 Å². The number of benzene rings is 3. The third-order valence-electron chi connectivity index (χ3n) is 22.6. The lowest BCUT2D eigenvalue weighted by atomic mass is 10.0. The molecule has 14 rings (SSSR count). The molecule has 9 aliphatic heterocycles. The van der Waals surface area contributed by atoms with Crippen molar-refractivity contribution in [3.05, 3.63) is 131 Å². The molecule has 718 valence electrons. The summed E-state index contributed by atoms with van der Waals surface area (Å²) in [6, 6.07) is 25.7. The Bertz CT molecular complexity index is 4510. The number of amides is 12. The van der Waals surface area contributed by atoms with Gasteiger partial charge in [0.15, 0.2) is 5.78 Å². The number of ketones is 1. The Kier molecular flexibility index (Phi) is 42.3. The van der Waals surface area contributed by atoms with Gasteiger partial charge in [0.2, 0.25) is 35.4 Å². The molecule has 2 aromatic heterocycles. The molecule has 3 aromatic carbocycles. The summed E-state index contributed by atoms with van der Waals surface area (Å²) in [6.45, 7) is 16.9. The van der Waals surface area contributed by atoms with Crippen molar-refractivity contribution in [2.24, 2.45) is 5.84 Å². The highest BCUT2D eigenvalue weighted by molar-refractivity contribution is 7.80. The van der Waals surface area contributed by atoms with Gasteiger partial charge in [-0.05, 0) is 141 Å². The van der Waals surface area contributed by atoms with E-state index in [0.717, 1.165) is 126 Å². The number of hydroxylamine groups is 8. The molecule has 8 N–H and O–H groups in total. The Labute approximate surface area is 759 Å². The number of carboxylic acids is 2. The van der Waals surface area contributed by atoms with Crippen molar-refractivity contribution in [1.29, 1.82) is 0 Å². The molecule has 9 aliphatic rings. The lowest BCUT2D eigenvalue weighted by molar-refractivity contribution is -0.140. The summed E-state index contributed by atoms with van der Waals surface area (Å²) in [4.78, 5) is 156. The predicted octanol–water partition coefficient (Wildman–Crippen LogP) is 10.4. The van der Waals surface area contributed by atoms with Gasteiger partial charge < -0.3 is 63.8 Å². The fraction of sp³-hybridized carbons (Fsp3) is 0.625. The van der Waals surface area contributed by atoms with Crippen LogP contribution in [0.4, 0.5) is 24.0 Å². The van der Waals surface area contributed by atoms with Crippen LogP contribution in [0, 0.1) is 0 Å². The second-order valence-electron chi connectivity index (χ2n) is 33.9. The maximum Gasteiger partial charge on any atom is 0.418 e. The summed E-state index contributed by atoms with van der Waals surface area (Å²) in [5, 5.41) is 43.4. The zero-order chi connectivity index (χ0) is 94.5. The largest absolute Gasteiger partial charge is 0.481 e. The fourth-order valence-corrected chi connectivity index (χ4v) is 16.0. The summed E-state index contributed by atoms with van der Waals surface area (Å²) < 4.78 is 51.8. The molecule has 41 nitrogen and oxygen atoms in total. The van der Waals surface area contributed by atoms with Crippen LogP contribution in [-0.2, 0) is 95.4 Å². The molecule has 9 fully saturated rings. The molecule has 0 radical (unpaired) electrons. The molecule has 9 saturated heterocycles. The first-order valence-electron chi connectivity index (χ1n) is 45.0. The number of ether oxygens (including phenoxy) is 1. The van der Waals surface area contributed by atoms with Crippen molar-refractivity contribution in [3.8, 4) is 0 Å². The number of likely N-dealkylation sites (tertiary alicyclic amines) is 1. The average molecular weight is 1840 g/mol. The van der Waals surface area contributed by atoms with Crippen LogP contribution in [0.15, 0.2) is 99.8 Å². The molecule has 8 bridgehead atoms. The van der Waals surface area contributed by atoms with Gasteiger partial charge in [-0.1, -0.05) is 150 Å². The van der Waals surface area contributed by atoms with E-state index in [-0.39, 0.29) is 79.0 Å². The first kappa shape index (κ1) is 104. The molecule has 8 atom stereocenters. The van der Waals surface area contributed by atoms with E-state index in [2.05, 4.69) is 61.5 Å². The number of aromatic nitrogens is 4. The molecular weight excluding hydrogens is 1710 g/mol. The first-order valence-corrected chi connectivity index (χ1v) is 46.4. The van der Waals surface area contributed by atoms with E-state index in [9.17, 15) is 61.2 Å². The zero-order valence-electron chi connectivity index (χ0n) is 76.2. The monoisotopic (exact) mass is 1840 g/mol. The molecule has 11 heterocycles. The normalized spacial score (nSPS) is 20.4. The number of nitrogens with two attached hydrogens (primary N) is 1. The maximum absolute atomic E-state index is 13.0. The number of fused-ring (bicyclic) bond motifs is 8. The standard InChI is InChI=1S/C24H33N5O5.C21H29N3O4.C14H18N4O3.C12H19N5O6S.2C6H12O2.C5H9NO/c1-24(2,3)34-23(31)27(4)14-8-11-20-25-26-21(33-20)19-13-12-18-15-28(19)22(30)29(18)32-16-17-9-6-5-7-10-17;1-2-3-5-10-18(25)13-22-20(26)19-12-11-17-14-23(19)21(27)24(17)28-15-16-8-6-4-7-9-16;15-16-13(19)12-7-6-11-8-17(12)14(20)18(11)21-9-10-4-2-1-3-5-10;1-13-6-2-3-10-14-15-11(22-10)9-5-4-8-7-16(9)12(18)17(8)23-24(19,20)21;2*1-2-3-4-5-6(7)8;1-6-4-2-3-5(6)7/h5-7,9-10,18-19H,8,11-16H2,1-4H3;4,6-9,17,19H,2-3,5,10-15H2,1H3,(H,22,26);1-5,11-12H,6-9,15H2,(H,16,19);8-9,13H,2-7H2,1H3,(H,19,20,21);2*2-5H2,1H3,(H,7,8);2-4H2,1H3/t18-,19+;17-,19+;11-,12+;8-,9+;;;/m1111.../s1. The minimum absolute atomic E-state index is 0.00281. The number of hydrogen-bond donors (Lipinski definition) is 7. The third kappa shape index (κ3) is 32.8. The Morgan fingerprint density at radius 1 is 0.538 bits per heavy atom. The molecule has 130 heavy (non-hydrogen) atoms. The van der Waals surface area contributed by atoms with Gasteiger partial charge in [-0.25, -0.2) is 29.8 Å². The van der Waals surface area contributed by atoms with Crippen LogP contribution in [0.1, 0.15) is 248 Å². The Morgan fingerprint density at radius 3 is 1.32 bits per heavy atom. The van der Waals surface area contributed by atoms with Crippen LogP contribution in [-0.4, -0.2) is 274 Å². The van der Waals surface area contributed by atoms with Crippen LogP contribution < -0.4 is 21.9 Å². The highest BCUT2D eigenvalue weighted by Gasteiger charge is 2.52. The molecule has 12 amide bonds.